The molecule has 2 heterocycles. The Hall–Kier alpha value is -1.04. The van der Waals surface area contributed by atoms with E-state index in [2.05, 4.69) is 27.1 Å². The molecular weight excluding hydrogens is 238 g/mol. The number of thiazole rings is 1. The molecule has 3 rings (SSSR count). The van der Waals surface area contributed by atoms with Crippen molar-refractivity contribution in [1.29, 1.82) is 0 Å². The SMILES string of the molecule is CNC1NC(c2nc3ccccc3s2)=CS1. The monoisotopic (exact) mass is 249 g/mol. The molecule has 0 saturated heterocycles. The normalized spacial score (nSPS) is 19.8. The lowest BCUT2D eigenvalue weighted by Gasteiger charge is -2.09. The minimum absolute atomic E-state index is 0.266. The molecule has 1 aromatic carbocycles. The van der Waals surface area contributed by atoms with Crippen molar-refractivity contribution in [2.45, 2.75) is 5.50 Å². The fraction of sp³-hybridized carbons (Fsp3) is 0.182. The van der Waals surface area contributed by atoms with E-state index in [1.165, 1.54) is 4.70 Å². The predicted octanol–water partition coefficient (Wildman–Crippen LogP) is 2.43. The number of nitrogens with one attached hydrogen (secondary N) is 2. The van der Waals surface area contributed by atoms with Gasteiger partial charge in [-0.05, 0) is 19.2 Å². The van der Waals surface area contributed by atoms with Gasteiger partial charge in [0.1, 0.15) is 10.5 Å². The zero-order valence-corrected chi connectivity index (χ0v) is 10.4. The van der Waals surface area contributed by atoms with E-state index in [-0.39, 0.29) is 5.50 Å². The van der Waals surface area contributed by atoms with Gasteiger partial charge in [-0.25, -0.2) is 4.98 Å². The fourth-order valence-electron chi connectivity index (χ4n) is 1.59. The fourth-order valence-corrected chi connectivity index (χ4v) is 3.39. The number of benzene rings is 1. The molecule has 0 saturated carbocycles. The average Bonchev–Trinajstić information content (AvgIpc) is 2.95. The van der Waals surface area contributed by atoms with Gasteiger partial charge in [-0.2, -0.15) is 0 Å². The van der Waals surface area contributed by atoms with Crippen molar-refractivity contribution in [2.24, 2.45) is 0 Å². The highest BCUT2D eigenvalue weighted by molar-refractivity contribution is 8.03. The van der Waals surface area contributed by atoms with Crippen LogP contribution >= 0.6 is 23.1 Å². The quantitative estimate of drug-likeness (QED) is 0.857. The molecule has 0 amide bonds. The van der Waals surface area contributed by atoms with Crippen LogP contribution in [0.3, 0.4) is 0 Å². The van der Waals surface area contributed by atoms with Crippen LogP contribution in [0, 0.1) is 0 Å². The molecule has 16 heavy (non-hydrogen) atoms. The third-order valence-electron chi connectivity index (χ3n) is 2.40. The van der Waals surface area contributed by atoms with E-state index in [9.17, 15) is 0 Å². The lowest BCUT2D eigenvalue weighted by molar-refractivity contribution is 0.702. The van der Waals surface area contributed by atoms with Gasteiger partial charge in [0.25, 0.3) is 0 Å². The number of thioether (sulfide) groups is 1. The van der Waals surface area contributed by atoms with Crippen molar-refractivity contribution < 1.29 is 0 Å². The van der Waals surface area contributed by atoms with Crippen molar-refractivity contribution in [1.82, 2.24) is 15.6 Å². The number of para-hydroxylation sites is 1. The van der Waals surface area contributed by atoms with Gasteiger partial charge in [-0.3, -0.25) is 5.32 Å². The van der Waals surface area contributed by atoms with E-state index < -0.39 is 0 Å². The van der Waals surface area contributed by atoms with E-state index in [1.807, 2.05) is 25.2 Å². The van der Waals surface area contributed by atoms with Crippen molar-refractivity contribution in [3.05, 3.63) is 34.7 Å². The Labute approximate surface area is 102 Å². The predicted molar refractivity (Wildman–Crippen MR) is 71.2 cm³/mol. The Morgan fingerprint density at radius 1 is 1.38 bits per heavy atom. The molecule has 0 fully saturated rings. The van der Waals surface area contributed by atoms with Crippen LogP contribution in [0.4, 0.5) is 0 Å². The molecule has 0 aliphatic carbocycles. The number of fused-ring (bicyclic) bond motifs is 1. The van der Waals surface area contributed by atoms with Crippen LogP contribution in [-0.2, 0) is 0 Å². The van der Waals surface area contributed by atoms with Crippen LogP contribution in [0.2, 0.25) is 0 Å². The highest BCUT2D eigenvalue weighted by atomic mass is 32.2. The van der Waals surface area contributed by atoms with E-state index in [1.54, 1.807) is 23.1 Å². The van der Waals surface area contributed by atoms with Crippen LogP contribution in [-0.4, -0.2) is 17.5 Å². The summed E-state index contributed by atoms with van der Waals surface area (Å²) in [7, 11) is 1.94. The standard InChI is InChI=1S/C11H11N3S2/c1-12-11-14-8(6-15-11)10-13-7-4-2-3-5-9(7)16-10/h2-6,11-12,14H,1H3. The second kappa shape index (κ2) is 4.08. The third kappa shape index (κ3) is 1.71. The van der Waals surface area contributed by atoms with Gasteiger partial charge in [-0.1, -0.05) is 23.9 Å². The molecule has 0 bridgehead atoms. The summed E-state index contributed by atoms with van der Waals surface area (Å²) in [6, 6.07) is 8.22. The molecule has 2 N–H and O–H groups in total. The number of rotatable bonds is 2. The van der Waals surface area contributed by atoms with E-state index >= 15 is 0 Å². The molecule has 1 aliphatic heterocycles. The van der Waals surface area contributed by atoms with E-state index in [4.69, 9.17) is 0 Å². The maximum Gasteiger partial charge on any atom is 0.141 e. The molecule has 82 valence electrons. The number of hydrogen-bond donors (Lipinski definition) is 2. The minimum atomic E-state index is 0.266. The van der Waals surface area contributed by atoms with Gasteiger partial charge in [-0.15, -0.1) is 11.3 Å². The van der Waals surface area contributed by atoms with Gasteiger partial charge in [0, 0.05) is 5.41 Å². The van der Waals surface area contributed by atoms with E-state index in [0.29, 0.717) is 0 Å². The molecule has 1 aliphatic rings. The summed E-state index contributed by atoms with van der Waals surface area (Å²) < 4.78 is 1.23. The molecular formula is C11H11N3S2. The first-order valence-electron chi connectivity index (χ1n) is 5.02. The summed E-state index contributed by atoms with van der Waals surface area (Å²) >= 11 is 3.46. The van der Waals surface area contributed by atoms with Gasteiger partial charge < -0.3 is 5.32 Å². The smallest absolute Gasteiger partial charge is 0.141 e. The maximum atomic E-state index is 4.61. The molecule has 1 atom stereocenters. The topological polar surface area (TPSA) is 37.0 Å². The molecule has 3 nitrogen and oxygen atoms in total. The van der Waals surface area contributed by atoms with Gasteiger partial charge in [0.15, 0.2) is 0 Å². The van der Waals surface area contributed by atoms with E-state index in [0.717, 1.165) is 16.2 Å². The number of nitrogens with zero attached hydrogens (tertiary/aromatic N) is 1. The lowest BCUT2D eigenvalue weighted by atomic mass is 10.3. The Balaban J connectivity index is 1.95. The van der Waals surface area contributed by atoms with Crippen LogP contribution in [0.25, 0.3) is 15.9 Å². The molecule has 0 radical (unpaired) electrons. The lowest BCUT2D eigenvalue weighted by Crippen LogP contribution is -2.32. The number of aromatic nitrogens is 1. The van der Waals surface area contributed by atoms with Gasteiger partial charge in [0.2, 0.25) is 0 Å². The summed E-state index contributed by atoms with van der Waals surface area (Å²) in [5.41, 5.74) is 2.45. The van der Waals surface area contributed by atoms with Crippen molar-refractivity contribution in [3.8, 4) is 0 Å². The first kappa shape index (κ1) is 10.1. The second-order valence-corrected chi connectivity index (χ2v) is 5.48. The Bertz CT molecular complexity index is 514. The first-order valence-corrected chi connectivity index (χ1v) is 6.78. The minimum Gasteiger partial charge on any atom is -0.358 e. The largest absolute Gasteiger partial charge is 0.358 e. The summed E-state index contributed by atoms with van der Waals surface area (Å²) in [5, 5.41) is 9.74. The van der Waals surface area contributed by atoms with Crippen molar-refractivity contribution >= 4 is 39.0 Å². The van der Waals surface area contributed by atoms with Crippen molar-refractivity contribution in [2.75, 3.05) is 7.05 Å². The summed E-state index contributed by atoms with van der Waals surface area (Å²) in [6.07, 6.45) is 0. The number of hydrogen-bond acceptors (Lipinski definition) is 5. The molecule has 2 aromatic rings. The average molecular weight is 249 g/mol. The van der Waals surface area contributed by atoms with Gasteiger partial charge in [0.05, 0.1) is 15.9 Å². The van der Waals surface area contributed by atoms with Crippen molar-refractivity contribution in [3.63, 3.8) is 0 Å². The van der Waals surface area contributed by atoms with Crippen LogP contribution in [0.1, 0.15) is 5.01 Å². The summed E-state index contributed by atoms with van der Waals surface area (Å²) in [5.74, 6) is 0. The Morgan fingerprint density at radius 2 is 2.25 bits per heavy atom. The Morgan fingerprint density at radius 3 is 3.00 bits per heavy atom. The molecule has 5 heteroatoms. The summed E-state index contributed by atoms with van der Waals surface area (Å²) in [4.78, 5) is 4.61. The summed E-state index contributed by atoms with van der Waals surface area (Å²) in [6.45, 7) is 0. The highest BCUT2D eigenvalue weighted by Crippen LogP contribution is 2.31. The molecule has 1 unspecified atom stereocenters. The zero-order valence-electron chi connectivity index (χ0n) is 8.73. The third-order valence-corrected chi connectivity index (χ3v) is 4.46. The zero-order chi connectivity index (χ0) is 11.0. The van der Waals surface area contributed by atoms with Crippen LogP contribution in [0.5, 0.6) is 0 Å². The van der Waals surface area contributed by atoms with Crippen LogP contribution in [0.15, 0.2) is 29.7 Å². The maximum absolute atomic E-state index is 4.61. The molecule has 0 spiro atoms. The first-order chi connectivity index (χ1) is 7.86. The van der Waals surface area contributed by atoms with Crippen LogP contribution < -0.4 is 10.6 Å². The second-order valence-electron chi connectivity index (χ2n) is 3.47. The highest BCUT2D eigenvalue weighted by Gasteiger charge is 2.18. The molecule has 1 aromatic heterocycles. The Kier molecular flexibility index (Phi) is 2.59. The van der Waals surface area contributed by atoms with Gasteiger partial charge >= 0.3 is 0 Å².